The summed E-state index contributed by atoms with van der Waals surface area (Å²) in [4.78, 5) is 13.3. The molecule has 37 heavy (non-hydrogen) atoms. The first kappa shape index (κ1) is 26.2. The SMILES string of the molecule is Cc1ccccc1C(NC(=O)Cc1ccc(OCCc2c(C)noc2C)cc1)c1ccccc1C(C)C. The maximum Gasteiger partial charge on any atom is 0.225 e. The number of carbonyl (C=O) groups excluding carboxylic acids is 1. The molecule has 0 bridgehead atoms. The third-order valence-corrected chi connectivity index (χ3v) is 6.82. The number of nitrogens with one attached hydrogen (secondary N) is 1. The molecule has 0 saturated carbocycles. The summed E-state index contributed by atoms with van der Waals surface area (Å²) in [6.07, 6.45) is 1.04. The molecular formula is C32H36N2O3. The molecule has 0 radical (unpaired) electrons. The van der Waals surface area contributed by atoms with Gasteiger partial charge in [0, 0.05) is 12.0 Å². The van der Waals surface area contributed by atoms with Gasteiger partial charge in [-0.2, -0.15) is 0 Å². The van der Waals surface area contributed by atoms with Gasteiger partial charge in [-0.1, -0.05) is 79.7 Å². The molecule has 1 amide bonds. The van der Waals surface area contributed by atoms with E-state index < -0.39 is 0 Å². The van der Waals surface area contributed by atoms with Crippen LogP contribution in [0.5, 0.6) is 5.75 Å². The molecule has 1 atom stereocenters. The second-order valence-electron chi connectivity index (χ2n) is 9.86. The Morgan fingerprint density at radius 2 is 1.54 bits per heavy atom. The molecular weight excluding hydrogens is 460 g/mol. The topological polar surface area (TPSA) is 64.4 Å². The van der Waals surface area contributed by atoms with Gasteiger partial charge in [0.05, 0.1) is 24.8 Å². The predicted molar refractivity (Wildman–Crippen MR) is 147 cm³/mol. The van der Waals surface area contributed by atoms with Crippen molar-refractivity contribution in [3.8, 4) is 5.75 Å². The minimum atomic E-state index is -0.209. The van der Waals surface area contributed by atoms with Crippen LogP contribution in [-0.2, 0) is 17.6 Å². The zero-order valence-corrected chi connectivity index (χ0v) is 22.4. The van der Waals surface area contributed by atoms with Crippen LogP contribution in [0.3, 0.4) is 0 Å². The first-order valence-electron chi connectivity index (χ1n) is 12.9. The number of hydrogen-bond donors (Lipinski definition) is 1. The summed E-state index contributed by atoms with van der Waals surface area (Å²) in [6, 6.07) is 24.2. The zero-order valence-electron chi connectivity index (χ0n) is 22.4. The second-order valence-corrected chi connectivity index (χ2v) is 9.86. The van der Waals surface area contributed by atoms with Crippen molar-refractivity contribution >= 4 is 5.91 Å². The fourth-order valence-electron chi connectivity index (χ4n) is 4.76. The van der Waals surface area contributed by atoms with Gasteiger partial charge in [0.1, 0.15) is 11.5 Å². The fraction of sp³-hybridized carbons (Fsp3) is 0.312. The van der Waals surface area contributed by atoms with Crippen molar-refractivity contribution in [1.82, 2.24) is 10.5 Å². The van der Waals surface area contributed by atoms with Gasteiger partial charge in [-0.05, 0) is 66.6 Å². The van der Waals surface area contributed by atoms with Crippen molar-refractivity contribution in [2.45, 2.75) is 59.4 Å². The number of aryl methyl sites for hydroxylation is 3. The Bertz CT molecular complexity index is 1320. The lowest BCUT2D eigenvalue weighted by atomic mass is 9.87. The molecule has 5 nitrogen and oxygen atoms in total. The highest BCUT2D eigenvalue weighted by Crippen LogP contribution is 2.31. The minimum Gasteiger partial charge on any atom is -0.493 e. The van der Waals surface area contributed by atoms with Gasteiger partial charge < -0.3 is 14.6 Å². The van der Waals surface area contributed by atoms with Crippen molar-refractivity contribution in [3.05, 3.63) is 118 Å². The van der Waals surface area contributed by atoms with Gasteiger partial charge in [-0.25, -0.2) is 0 Å². The maximum absolute atomic E-state index is 13.3. The molecule has 1 heterocycles. The van der Waals surface area contributed by atoms with Crippen LogP contribution in [0.25, 0.3) is 0 Å². The Morgan fingerprint density at radius 3 is 2.16 bits per heavy atom. The molecule has 4 aromatic rings. The van der Waals surface area contributed by atoms with Crippen molar-refractivity contribution in [1.29, 1.82) is 0 Å². The Balaban J connectivity index is 1.44. The summed E-state index contributed by atoms with van der Waals surface area (Å²) >= 11 is 0. The molecule has 0 aliphatic heterocycles. The lowest BCUT2D eigenvalue weighted by Crippen LogP contribution is -2.31. The Hall–Kier alpha value is -3.86. The average molecular weight is 497 g/mol. The molecule has 3 aromatic carbocycles. The standard InChI is InChI=1S/C32H36N2O3/c1-21(2)27-11-8-9-13-30(27)32(28-12-7-6-10-22(28)3)33-31(35)20-25-14-16-26(17-15-25)36-19-18-29-23(4)34-37-24(29)5/h6-17,21,32H,18-20H2,1-5H3,(H,33,35). The van der Waals surface area contributed by atoms with E-state index in [1.807, 2.05) is 56.3 Å². The van der Waals surface area contributed by atoms with Crippen LogP contribution in [0.15, 0.2) is 77.3 Å². The van der Waals surface area contributed by atoms with Gasteiger partial charge in [-0.15, -0.1) is 0 Å². The average Bonchev–Trinajstić information content (AvgIpc) is 3.21. The van der Waals surface area contributed by atoms with E-state index in [4.69, 9.17) is 9.26 Å². The van der Waals surface area contributed by atoms with E-state index in [1.165, 1.54) is 5.56 Å². The third kappa shape index (κ3) is 6.48. The molecule has 1 N–H and O–H groups in total. The van der Waals surface area contributed by atoms with Gasteiger partial charge in [0.2, 0.25) is 5.91 Å². The van der Waals surface area contributed by atoms with E-state index in [9.17, 15) is 4.79 Å². The minimum absolute atomic E-state index is 0.0149. The van der Waals surface area contributed by atoms with Crippen LogP contribution >= 0.6 is 0 Å². The largest absolute Gasteiger partial charge is 0.493 e. The summed E-state index contributed by atoms with van der Waals surface area (Å²) in [7, 11) is 0. The molecule has 0 fully saturated rings. The van der Waals surface area contributed by atoms with Gasteiger partial charge in [0.15, 0.2) is 0 Å². The number of carbonyl (C=O) groups is 1. The maximum atomic E-state index is 13.3. The van der Waals surface area contributed by atoms with Gasteiger partial charge in [0.25, 0.3) is 0 Å². The first-order chi connectivity index (χ1) is 17.8. The number of hydrogen-bond acceptors (Lipinski definition) is 4. The molecule has 4 rings (SSSR count). The smallest absolute Gasteiger partial charge is 0.225 e. The summed E-state index contributed by atoms with van der Waals surface area (Å²) in [6.45, 7) is 10.9. The molecule has 1 aromatic heterocycles. The molecule has 0 aliphatic carbocycles. The summed E-state index contributed by atoms with van der Waals surface area (Å²) in [5.41, 5.74) is 7.60. The van der Waals surface area contributed by atoms with E-state index in [0.717, 1.165) is 51.4 Å². The highest BCUT2D eigenvalue weighted by Gasteiger charge is 2.22. The van der Waals surface area contributed by atoms with Crippen molar-refractivity contribution in [3.63, 3.8) is 0 Å². The zero-order chi connectivity index (χ0) is 26.4. The van der Waals surface area contributed by atoms with Crippen LogP contribution in [0.4, 0.5) is 0 Å². The summed E-state index contributed by atoms with van der Waals surface area (Å²) < 4.78 is 11.1. The molecule has 0 spiro atoms. The number of benzene rings is 3. The lowest BCUT2D eigenvalue weighted by molar-refractivity contribution is -0.120. The Kier molecular flexibility index (Phi) is 8.44. The van der Waals surface area contributed by atoms with E-state index in [1.54, 1.807) is 0 Å². The van der Waals surface area contributed by atoms with Gasteiger partial charge >= 0.3 is 0 Å². The number of ether oxygens (including phenoxy) is 1. The highest BCUT2D eigenvalue weighted by molar-refractivity contribution is 5.79. The molecule has 1 unspecified atom stereocenters. The Labute approximate surface area is 219 Å². The second kappa shape index (κ2) is 11.9. The van der Waals surface area contributed by atoms with Crippen LogP contribution in [0.1, 0.15) is 70.6 Å². The normalized spacial score (nSPS) is 11.9. The van der Waals surface area contributed by atoms with Crippen LogP contribution in [-0.4, -0.2) is 17.7 Å². The van der Waals surface area contributed by atoms with E-state index in [0.29, 0.717) is 18.9 Å². The van der Waals surface area contributed by atoms with Crippen molar-refractivity contribution in [2.24, 2.45) is 0 Å². The Morgan fingerprint density at radius 1 is 0.892 bits per heavy atom. The summed E-state index contributed by atoms with van der Waals surface area (Å²) in [5.74, 6) is 1.95. The first-order valence-corrected chi connectivity index (χ1v) is 12.9. The van der Waals surface area contributed by atoms with E-state index >= 15 is 0 Å². The number of nitrogens with zero attached hydrogens (tertiary/aromatic N) is 1. The van der Waals surface area contributed by atoms with Crippen molar-refractivity contribution in [2.75, 3.05) is 6.61 Å². The van der Waals surface area contributed by atoms with E-state index in [2.05, 4.69) is 61.6 Å². The predicted octanol–water partition coefficient (Wildman–Crippen LogP) is 6.79. The van der Waals surface area contributed by atoms with Crippen LogP contribution in [0, 0.1) is 20.8 Å². The van der Waals surface area contributed by atoms with E-state index in [-0.39, 0.29) is 11.9 Å². The van der Waals surface area contributed by atoms with Crippen LogP contribution < -0.4 is 10.1 Å². The number of amides is 1. The highest BCUT2D eigenvalue weighted by atomic mass is 16.5. The quantitative estimate of drug-likeness (QED) is 0.262. The van der Waals surface area contributed by atoms with Crippen molar-refractivity contribution < 1.29 is 14.1 Å². The number of rotatable bonds is 10. The lowest BCUT2D eigenvalue weighted by Gasteiger charge is -2.25. The molecule has 192 valence electrons. The third-order valence-electron chi connectivity index (χ3n) is 6.82. The summed E-state index contributed by atoms with van der Waals surface area (Å²) in [5, 5.41) is 7.31. The monoisotopic (exact) mass is 496 g/mol. The molecule has 0 saturated heterocycles. The van der Waals surface area contributed by atoms with Crippen LogP contribution in [0.2, 0.25) is 0 Å². The molecule has 5 heteroatoms. The van der Waals surface area contributed by atoms with Gasteiger partial charge in [-0.3, -0.25) is 4.79 Å². The molecule has 0 aliphatic rings. The fourth-order valence-corrected chi connectivity index (χ4v) is 4.76. The number of aromatic nitrogens is 1.